The predicted molar refractivity (Wildman–Crippen MR) is 88.8 cm³/mol. The Balaban J connectivity index is 1.86. The van der Waals surface area contributed by atoms with E-state index in [-0.39, 0.29) is 11.7 Å². The van der Waals surface area contributed by atoms with E-state index < -0.39 is 5.97 Å². The number of halogens is 1. The average molecular weight is 344 g/mol. The number of pyridine rings is 1. The first-order valence-electron chi connectivity index (χ1n) is 7.20. The molecule has 1 N–H and O–H groups in total. The van der Waals surface area contributed by atoms with Gasteiger partial charge >= 0.3 is 5.97 Å². The van der Waals surface area contributed by atoms with Gasteiger partial charge in [-0.3, -0.25) is 0 Å². The van der Waals surface area contributed by atoms with Crippen molar-refractivity contribution >= 4 is 17.6 Å². The molecule has 7 heteroatoms. The Morgan fingerprint density at radius 2 is 1.96 bits per heavy atom. The van der Waals surface area contributed by atoms with Crippen molar-refractivity contribution < 1.29 is 14.6 Å². The molecule has 3 aromatic rings. The maximum atomic E-state index is 11.1. The van der Waals surface area contributed by atoms with Gasteiger partial charge in [-0.2, -0.15) is 9.78 Å². The van der Waals surface area contributed by atoms with Crippen LogP contribution in [0.25, 0.3) is 5.82 Å². The maximum Gasteiger partial charge on any atom is 0.335 e. The Hall–Kier alpha value is -2.86. The molecule has 1 aromatic carbocycles. The van der Waals surface area contributed by atoms with E-state index in [1.807, 2.05) is 19.1 Å². The van der Waals surface area contributed by atoms with Crippen LogP contribution in [0.5, 0.6) is 5.88 Å². The van der Waals surface area contributed by atoms with Crippen molar-refractivity contribution in [2.24, 2.45) is 0 Å². The number of aromatic carboxylic acids is 1. The van der Waals surface area contributed by atoms with Gasteiger partial charge in [-0.05, 0) is 36.8 Å². The second kappa shape index (κ2) is 6.72. The molecular weight excluding hydrogens is 330 g/mol. The van der Waals surface area contributed by atoms with Crippen molar-refractivity contribution in [1.29, 1.82) is 0 Å². The van der Waals surface area contributed by atoms with E-state index >= 15 is 0 Å². The molecule has 0 saturated carbocycles. The van der Waals surface area contributed by atoms with E-state index in [0.29, 0.717) is 16.7 Å². The molecule has 0 amide bonds. The molecule has 0 aliphatic rings. The van der Waals surface area contributed by atoms with Gasteiger partial charge in [0.05, 0.1) is 11.8 Å². The fourth-order valence-electron chi connectivity index (χ4n) is 2.20. The van der Waals surface area contributed by atoms with E-state index in [4.69, 9.17) is 21.4 Å². The Bertz CT molecular complexity index is 862. The summed E-state index contributed by atoms with van der Waals surface area (Å²) < 4.78 is 7.39. The lowest BCUT2D eigenvalue weighted by Gasteiger charge is -2.16. The summed E-state index contributed by atoms with van der Waals surface area (Å²) in [5.41, 5.74) is 1.09. The molecule has 0 bridgehead atoms. The molecule has 0 fully saturated rings. The molecule has 0 radical (unpaired) electrons. The number of ether oxygens (including phenoxy) is 1. The van der Waals surface area contributed by atoms with Crippen molar-refractivity contribution in [3.05, 3.63) is 71.0 Å². The lowest BCUT2D eigenvalue weighted by molar-refractivity contribution is 0.0696. The molecule has 2 heterocycles. The third-order valence-corrected chi connectivity index (χ3v) is 3.71. The van der Waals surface area contributed by atoms with Gasteiger partial charge < -0.3 is 9.84 Å². The lowest BCUT2D eigenvalue weighted by Crippen LogP contribution is -2.09. The number of aromatic nitrogens is 3. The summed E-state index contributed by atoms with van der Waals surface area (Å²) in [4.78, 5) is 15.3. The van der Waals surface area contributed by atoms with Crippen LogP contribution >= 0.6 is 11.6 Å². The van der Waals surface area contributed by atoms with E-state index in [9.17, 15) is 4.79 Å². The molecule has 0 aliphatic carbocycles. The summed E-state index contributed by atoms with van der Waals surface area (Å²) in [6.45, 7) is 1.90. The average Bonchev–Trinajstić information content (AvgIpc) is 3.03. The molecule has 6 nitrogen and oxygen atoms in total. The van der Waals surface area contributed by atoms with E-state index in [1.165, 1.54) is 23.0 Å². The minimum atomic E-state index is -1.03. The largest absolute Gasteiger partial charge is 0.478 e. The van der Waals surface area contributed by atoms with Gasteiger partial charge in [-0.1, -0.05) is 23.7 Å². The zero-order chi connectivity index (χ0) is 17.1. The third kappa shape index (κ3) is 3.38. The molecule has 3 rings (SSSR count). The zero-order valence-corrected chi connectivity index (χ0v) is 13.5. The molecule has 24 heavy (non-hydrogen) atoms. The van der Waals surface area contributed by atoms with Gasteiger partial charge in [0, 0.05) is 17.3 Å². The summed E-state index contributed by atoms with van der Waals surface area (Å²) in [7, 11) is 0. The lowest BCUT2D eigenvalue weighted by atomic mass is 10.1. The third-order valence-electron chi connectivity index (χ3n) is 3.45. The summed E-state index contributed by atoms with van der Waals surface area (Å²) >= 11 is 5.89. The second-order valence-electron chi connectivity index (χ2n) is 5.10. The molecule has 0 saturated heterocycles. The number of carboxylic acids is 1. The quantitative estimate of drug-likeness (QED) is 0.763. The summed E-state index contributed by atoms with van der Waals surface area (Å²) in [5, 5.41) is 13.9. The molecule has 1 atom stereocenters. The van der Waals surface area contributed by atoms with E-state index in [1.54, 1.807) is 24.4 Å². The van der Waals surface area contributed by atoms with E-state index in [2.05, 4.69) is 10.1 Å². The standard InChI is InChI=1S/C17H14ClN3O3/c1-11(12-2-4-14(18)5-3-12)24-16-7-9-20-21(16)15-10-13(17(22)23)6-8-19-15/h2-11H,1H3,(H,22,23)/t11-/m1/s1. The molecule has 2 aromatic heterocycles. The maximum absolute atomic E-state index is 11.1. The number of nitrogens with zero attached hydrogens (tertiary/aromatic N) is 3. The van der Waals surface area contributed by atoms with Gasteiger partial charge in [0.15, 0.2) is 5.82 Å². The Kier molecular flexibility index (Phi) is 4.48. The van der Waals surface area contributed by atoms with Crippen LogP contribution in [0, 0.1) is 0 Å². The van der Waals surface area contributed by atoms with Crippen LogP contribution in [0.2, 0.25) is 5.02 Å². The van der Waals surface area contributed by atoms with Crippen molar-refractivity contribution in [3.8, 4) is 11.7 Å². The van der Waals surface area contributed by atoms with Crippen molar-refractivity contribution in [2.75, 3.05) is 0 Å². The normalized spacial score (nSPS) is 11.9. The van der Waals surface area contributed by atoms with Gasteiger partial charge in [-0.25, -0.2) is 9.78 Å². The van der Waals surface area contributed by atoms with Gasteiger partial charge in [0.1, 0.15) is 6.10 Å². The van der Waals surface area contributed by atoms with E-state index in [0.717, 1.165) is 5.56 Å². The fraction of sp³-hybridized carbons (Fsp3) is 0.118. The number of rotatable bonds is 5. The topological polar surface area (TPSA) is 77.2 Å². The SMILES string of the molecule is C[C@@H](Oc1ccnn1-c1cc(C(=O)O)ccn1)c1ccc(Cl)cc1. The van der Waals surface area contributed by atoms with Crippen LogP contribution in [0.3, 0.4) is 0 Å². The Morgan fingerprint density at radius 1 is 1.21 bits per heavy atom. The molecule has 122 valence electrons. The number of hydrogen-bond donors (Lipinski definition) is 1. The highest BCUT2D eigenvalue weighted by molar-refractivity contribution is 6.30. The number of hydrogen-bond acceptors (Lipinski definition) is 4. The van der Waals surface area contributed by atoms with Gasteiger partial charge in [-0.15, -0.1) is 0 Å². The van der Waals surface area contributed by atoms with Crippen LogP contribution < -0.4 is 4.74 Å². The highest BCUT2D eigenvalue weighted by Crippen LogP contribution is 2.24. The fourth-order valence-corrected chi connectivity index (χ4v) is 2.33. The number of carboxylic acid groups (broad SMARTS) is 1. The zero-order valence-electron chi connectivity index (χ0n) is 12.8. The highest BCUT2D eigenvalue weighted by atomic mass is 35.5. The van der Waals surface area contributed by atoms with Gasteiger partial charge in [0.2, 0.25) is 5.88 Å². The van der Waals surface area contributed by atoms with Gasteiger partial charge in [0.25, 0.3) is 0 Å². The minimum absolute atomic E-state index is 0.132. The summed E-state index contributed by atoms with van der Waals surface area (Å²) in [6.07, 6.45) is 2.76. The smallest absolute Gasteiger partial charge is 0.335 e. The molecule has 0 unspecified atom stereocenters. The van der Waals surface area contributed by atoms with Crippen LogP contribution in [0.15, 0.2) is 54.9 Å². The molecule has 0 aliphatic heterocycles. The molecule has 0 spiro atoms. The van der Waals surface area contributed by atoms with Crippen molar-refractivity contribution in [3.63, 3.8) is 0 Å². The number of benzene rings is 1. The van der Waals surface area contributed by atoms with Crippen molar-refractivity contribution in [2.45, 2.75) is 13.0 Å². The van der Waals surface area contributed by atoms with Crippen LogP contribution in [0.1, 0.15) is 28.9 Å². The highest BCUT2D eigenvalue weighted by Gasteiger charge is 2.14. The van der Waals surface area contributed by atoms with Crippen LogP contribution in [-0.4, -0.2) is 25.8 Å². The van der Waals surface area contributed by atoms with Crippen LogP contribution in [0.4, 0.5) is 0 Å². The first-order valence-corrected chi connectivity index (χ1v) is 7.58. The Morgan fingerprint density at radius 3 is 2.67 bits per heavy atom. The Labute approximate surface area is 143 Å². The second-order valence-corrected chi connectivity index (χ2v) is 5.54. The summed E-state index contributed by atoms with van der Waals surface area (Å²) in [5.74, 6) is -0.187. The minimum Gasteiger partial charge on any atom is -0.478 e. The first-order chi connectivity index (χ1) is 11.5. The van der Waals surface area contributed by atoms with Crippen molar-refractivity contribution in [1.82, 2.24) is 14.8 Å². The number of carbonyl (C=O) groups is 1. The predicted octanol–water partition coefficient (Wildman–Crippen LogP) is 3.76. The summed E-state index contributed by atoms with van der Waals surface area (Å²) in [6, 6.07) is 11.9. The molecular formula is C17H14ClN3O3. The first kappa shape index (κ1) is 16.0. The monoisotopic (exact) mass is 343 g/mol. The van der Waals surface area contributed by atoms with Crippen LogP contribution in [-0.2, 0) is 0 Å².